The second kappa shape index (κ2) is 7.60. The van der Waals surface area contributed by atoms with Gasteiger partial charge in [-0.25, -0.2) is 4.39 Å². The normalized spacial score (nSPS) is 14.1. The zero-order chi connectivity index (χ0) is 19.7. The van der Waals surface area contributed by atoms with Crippen LogP contribution in [-0.2, 0) is 6.61 Å². The molecule has 3 aromatic rings. The number of fused-ring (bicyclic) bond motifs is 1. The number of Topliss-reactive ketones (excluding diaryl/α,β-unsaturated/α-hetero) is 1. The van der Waals surface area contributed by atoms with Crippen LogP contribution in [0.4, 0.5) is 4.39 Å². The fourth-order valence-corrected chi connectivity index (χ4v) is 3.44. The van der Waals surface area contributed by atoms with Crippen molar-refractivity contribution in [3.05, 3.63) is 99.0 Å². The summed E-state index contributed by atoms with van der Waals surface area (Å²) < 4.78 is 25.5. The van der Waals surface area contributed by atoms with Crippen molar-refractivity contribution in [2.45, 2.75) is 13.5 Å². The zero-order valence-electron chi connectivity index (χ0n) is 15.0. The zero-order valence-corrected chi connectivity index (χ0v) is 16.6. The number of ketones is 1. The molecule has 0 aliphatic carbocycles. The molecule has 3 aromatic carbocycles. The Morgan fingerprint density at radius 1 is 1.11 bits per heavy atom. The Balaban J connectivity index is 1.57. The highest BCUT2D eigenvalue weighted by Crippen LogP contribution is 2.38. The summed E-state index contributed by atoms with van der Waals surface area (Å²) in [6.07, 6.45) is 1.73. The Morgan fingerprint density at radius 3 is 2.61 bits per heavy atom. The predicted molar refractivity (Wildman–Crippen MR) is 109 cm³/mol. The number of hydrogen-bond acceptors (Lipinski definition) is 3. The van der Waals surface area contributed by atoms with Crippen molar-refractivity contribution in [3.63, 3.8) is 0 Å². The lowest BCUT2D eigenvalue weighted by molar-refractivity contribution is 0.101. The van der Waals surface area contributed by atoms with Crippen LogP contribution in [0.1, 0.15) is 27.0 Å². The molecule has 1 aliphatic heterocycles. The summed E-state index contributed by atoms with van der Waals surface area (Å²) in [6.45, 7) is 2.15. The van der Waals surface area contributed by atoms with Gasteiger partial charge in [-0.3, -0.25) is 4.79 Å². The maximum Gasteiger partial charge on any atom is 0.232 e. The van der Waals surface area contributed by atoms with Gasteiger partial charge in [0.1, 0.15) is 23.9 Å². The van der Waals surface area contributed by atoms with E-state index in [4.69, 9.17) is 9.47 Å². The molecule has 0 saturated carbocycles. The molecule has 28 heavy (non-hydrogen) atoms. The van der Waals surface area contributed by atoms with Crippen LogP contribution < -0.4 is 9.47 Å². The smallest absolute Gasteiger partial charge is 0.232 e. The Kier molecular flexibility index (Phi) is 5.01. The van der Waals surface area contributed by atoms with Crippen LogP contribution in [0.2, 0.25) is 0 Å². The number of carbonyl (C=O) groups is 1. The van der Waals surface area contributed by atoms with Crippen molar-refractivity contribution in [1.29, 1.82) is 0 Å². The highest BCUT2D eigenvalue weighted by atomic mass is 79.9. The van der Waals surface area contributed by atoms with Crippen LogP contribution in [0.25, 0.3) is 6.08 Å². The molecule has 1 aliphatic rings. The lowest BCUT2D eigenvalue weighted by atomic mass is 10.0. The van der Waals surface area contributed by atoms with Gasteiger partial charge in [0.2, 0.25) is 5.78 Å². The molecule has 4 rings (SSSR count). The Labute approximate surface area is 170 Å². The van der Waals surface area contributed by atoms with Crippen molar-refractivity contribution in [3.8, 4) is 11.5 Å². The summed E-state index contributed by atoms with van der Waals surface area (Å²) >= 11 is 3.48. The van der Waals surface area contributed by atoms with Crippen molar-refractivity contribution >= 4 is 27.8 Å². The summed E-state index contributed by atoms with van der Waals surface area (Å²) in [7, 11) is 0. The van der Waals surface area contributed by atoms with Gasteiger partial charge in [-0.2, -0.15) is 0 Å². The van der Waals surface area contributed by atoms with E-state index in [0.29, 0.717) is 23.7 Å². The number of hydrogen-bond donors (Lipinski definition) is 0. The second-order valence-electron chi connectivity index (χ2n) is 6.49. The van der Waals surface area contributed by atoms with E-state index in [1.807, 2.05) is 37.3 Å². The van der Waals surface area contributed by atoms with Crippen molar-refractivity contribution in [2.75, 3.05) is 0 Å². The molecule has 140 valence electrons. The quantitative estimate of drug-likeness (QED) is 0.462. The molecule has 0 bridgehead atoms. The van der Waals surface area contributed by atoms with E-state index in [-0.39, 0.29) is 17.4 Å². The molecule has 0 saturated heterocycles. The highest BCUT2D eigenvalue weighted by Gasteiger charge is 2.30. The number of benzene rings is 3. The number of carbonyl (C=O) groups excluding carboxylic acids is 1. The van der Waals surface area contributed by atoms with E-state index in [2.05, 4.69) is 15.9 Å². The molecule has 0 spiro atoms. The maximum absolute atomic E-state index is 13.0. The minimum absolute atomic E-state index is 0.145. The summed E-state index contributed by atoms with van der Waals surface area (Å²) in [6, 6.07) is 17.3. The van der Waals surface area contributed by atoms with E-state index in [1.165, 1.54) is 12.1 Å². The van der Waals surface area contributed by atoms with Crippen LogP contribution in [0, 0.1) is 12.7 Å². The maximum atomic E-state index is 13.0. The standard InChI is InChI=1S/C23H16BrFO3/c1-14-10-18(27-13-15-6-8-17(25)9-7-15)12-20-22(14)23(26)21(28-20)11-16-4-2-3-5-19(16)24/h2-12H,13H2,1H3/b21-11-. The van der Waals surface area contributed by atoms with Gasteiger partial charge < -0.3 is 9.47 Å². The summed E-state index contributed by atoms with van der Waals surface area (Å²) in [5, 5.41) is 0. The third-order valence-corrected chi connectivity index (χ3v) is 5.18. The molecule has 0 aromatic heterocycles. The molecule has 1 heterocycles. The summed E-state index contributed by atoms with van der Waals surface area (Å²) in [4.78, 5) is 12.8. The molecule has 0 amide bonds. The Morgan fingerprint density at radius 2 is 1.86 bits per heavy atom. The van der Waals surface area contributed by atoms with Crippen molar-refractivity contribution in [2.24, 2.45) is 0 Å². The predicted octanol–water partition coefficient (Wildman–Crippen LogP) is 6.09. The molecule has 0 unspecified atom stereocenters. The first-order chi connectivity index (χ1) is 13.5. The molecular weight excluding hydrogens is 423 g/mol. The van der Waals surface area contributed by atoms with E-state index in [1.54, 1.807) is 24.3 Å². The van der Waals surface area contributed by atoms with Gasteiger partial charge in [0, 0.05) is 10.5 Å². The molecule has 5 heteroatoms. The highest BCUT2D eigenvalue weighted by molar-refractivity contribution is 9.10. The number of halogens is 2. The monoisotopic (exact) mass is 438 g/mol. The average molecular weight is 439 g/mol. The first-order valence-corrected chi connectivity index (χ1v) is 9.51. The third kappa shape index (κ3) is 3.71. The number of ether oxygens (including phenoxy) is 2. The van der Waals surface area contributed by atoms with Gasteiger partial charge in [-0.05, 0) is 54.0 Å². The van der Waals surface area contributed by atoms with Gasteiger partial charge in [-0.1, -0.05) is 46.3 Å². The molecule has 0 atom stereocenters. The van der Waals surface area contributed by atoms with Crippen molar-refractivity contribution < 1.29 is 18.7 Å². The molecule has 0 N–H and O–H groups in total. The van der Waals surface area contributed by atoms with E-state index < -0.39 is 0 Å². The number of allylic oxidation sites excluding steroid dienone is 1. The first-order valence-electron chi connectivity index (χ1n) is 8.72. The minimum atomic E-state index is -0.284. The first kappa shape index (κ1) is 18.4. The van der Waals surface area contributed by atoms with Gasteiger partial charge in [-0.15, -0.1) is 0 Å². The van der Waals surface area contributed by atoms with Gasteiger partial charge >= 0.3 is 0 Å². The fourth-order valence-electron chi connectivity index (χ4n) is 3.04. The van der Waals surface area contributed by atoms with Crippen LogP contribution in [-0.4, -0.2) is 5.78 Å². The van der Waals surface area contributed by atoms with Crippen LogP contribution >= 0.6 is 15.9 Å². The average Bonchev–Trinajstić information content (AvgIpc) is 2.99. The molecular formula is C23H16BrFO3. The lowest BCUT2D eigenvalue weighted by Gasteiger charge is -2.09. The molecule has 0 fully saturated rings. The summed E-state index contributed by atoms with van der Waals surface area (Å²) in [5.41, 5.74) is 3.05. The SMILES string of the molecule is Cc1cc(OCc2ccc(F)cc2)cc2c1C(=O)/C(=C/c1ccccc1Br)O2. The lowest BCUT2D eigenvalue weighted by Crippen LogP contribution is -2.00. The Hall–Kier alpha value is -2.92. The van der Waals surface area contributed by atoms with Crippen LogP contribution in [0.3, 0.4) is 0 Å². The Bertz CT molecular complexity index is 1090. The fraction of sp³-hybridized carbons (Fsp3) is 0.0870. The van der Waals surface area contributed by atoms with Crippen LogP contribution in [0.15, 0.2) is 70.9 Å². The number of rotatable bonds is 4. The van der Waals surface area contributed by atoms with Gasteiger partial charge in [0.15, 0.2) is 5.76 Å². The summed E-state index contributed by atoms with van der Waals surface area (Å²) in [5.74, 6) is 0.926. The van der Waals surface area contributed by atoms with E-state index >= 15 is 0 Å². The molecule has 0 radical (unpaired) electrons. The largest absolute Gasteiger partial charge is 0.489 e. The van der Waals surface area contributed by atoms with Gasteiger partial charge in [0.05, 0.1) is 5.56 Å². The molecule has 3 nitrogen and oxygen atoms in total. The number of aryl methyl sites for hydroxylation is 1. The van der Waals surface area contributed by atoms with E-state index in [0.717, 1.165) is 21.2 Å². The van der Waals surface area contributed by atoms with E-state index in [9.17, 15) is 9.18 Å². The third-order valence-electron chi connectivity index (χ3n) is 4.45. The van der Waals surface area contributed by atoms with Crippen LogP contribution in [0.5, 0.6) is 11.5 Å². The van der Waals surface area contributed by atoms with Gasteiger partial charge in [0.25, 0.3) is 0 Å². The minimum Gasteiger partial charge on any atom is -0.489 e. The van der Waals surface area contributed by atoms with Crippen molar-refractivity contribution in [1.82, 2.24) is 0 Å². The second-order valence-corrected chi connectivity index (χ2v) is 7.34. The topological polar surface area (TPSA) is 35.5 Å².